The van der Waals surface area contributed by atoms with Crippen molar-refractivity contribution in [1.82, 2.24) is 0 Å². The lowest BCUT2D eigenvalue weighted by atomic mass is 10.4. The van der Waals surface area contributed by atoms with Crippen LogP contribution in [0.5, 0.6) is 0 Å². The lowest BCUT2D eigenvalue weighted by molar-refractivity contribution is 0.271. The lowest BCUT2D eigenvalue weighted by Gasteiger charge is -1.99. The van der Waals surface area contributed by atoms with Gasteiger partial charge in [-0.25, -0.2) is 0 Å². The highest BCUT2D eigenvalue weighted by molar-refractivity contribution is 5.85. The van der Waals surface area contributed by atoms with Crippen molar-refractivity contribution in [3.8, 4) is 0 Å². The zero-order valence-electron chi connectivity index (χ0n) is 4.20. The second kappa shape index (κ2) is 3.38. The average molecular weight is 135 g/mol. The topological polar surface area (TPSA) is 29.5 Å². The number of allylic oxidation sites excluding steroid dienone is 1. The molecule has 0 aromatic heterocycles. The molecule has 3 heteroatoms. The number of hydrogen-bond acceptors (Lipinski definition) is 2. The van der Waals surface area contributed by atoms with Crippen LogP contribution in [0.2, 0.25) is 0 Å². The van der Waals surface area contributed by atoms with E-state index in [-0.39, 0.29) is 18.2 Å². The first-order valence-electron chi connectivity index (χ1n) is 2.07. The van der Waals surface area contributed by atoms with Gasteiger partial charge in [-0.1, -0.05) is 0 Å². The number of ether oxygens (including phenoxy) is 1. The molecule has 0 saturated heterocycles. The molecule has 0 radical (unpaired) electrons. The van der Waals surface area contributed by atoms with Crippen LogP contribution in [0.15, 0.2) is 24.2 Å². The van der Waals surface area contributed by atoms with Gasteiger partial charge in [0, 0.05) is 6.08 Å². The number of aliphatic hydroxyl groups excluding tert-OH is 1. The summed E-state index contributed by atoms with van der Waals surface area (Å²) in [6.45, 7) is 0.488. The Morgan fingerprint density at radius 2 is 2.38 bits per heavy atom. The molecule has 0 bridgehead atoms. The third-order valence-electron chi connectivity index (χ3n) is 0.724. The molecule has 1 heterocycles. The molecule has 0 saturated carbocycles. The Morgan fingerprint density at radius 1 is 1.62 bits per heavy atom. The fourth-order valence-corrected chi connectivity index (χ4v) is 0.375. The van der Waals surface area contributed by atoms with Crippen molar-refractivity contribution < 1.29 is 9.84 Å². The van der Waals surface area contributed by atoms with E-state index in [2.05, 4.69) is 0 Å². The van der Waals surface area contributed by atoms with Crippen molar-refractivity contribution in [1.29, 1.82) is 0 Å². The summed E-state index contributed by atoms with van der Waals surface area (Å²) < 4.78 is 4.72. The molecule has 46 valence electrons. The monoisotopic (exact) mass is 134 g/mol. The van der Waals surface area contributed by atoms with Crippen molar-refractivity contribution >= 4 is 12.4 Å². The maximum atomic E-state index is 8.60. The zero-order chi connectivity index (χ0) is 5.11. The molecule has 0 amide bonds. The zero-order valence-corrected chi connectivity index (χ0v) is 5.02. The second-order valence-electron chi connectivity index (χ2n) is 1.27. The van der Waals surface area contributed by atoms with Gasteiger partial charge in [0.25, 0.3) is 0 Å². The van der Waals surface area contributed by atoms with Crippen LogP contribution in [0.25, 0.3) is 0 Å². The van der Waals surface area contributed by atoms with Crippen molar-refractivity contribution in [2.24, 2.45) is 0 Å². The maximum absolute atomic E-state index is 8.60. The molecule has 1 rings (SSSR count). The third kappa shape index (κ3) is 1.89. The minimum atomic E-state index is 0. The van der Waals surface area contributed by atoms with Gasteiger partial charge in [0.05, 0.1) is 6.26 Å². The molecular weight excluding hydrogens is 128 g/mol. The normalized spacial score (nSPS) is 15.8. The van der Waals surface area contributed by atoms with E-state index in [0.29, 0.717) is 6.61 Å². The Morgan fingerprint density at radius 3 is 2.62 bits per heavy atom. The van der Waals surface area contributed by atoms with Crippen LogP contribution in [0.1, 0.15) is 0 Å². The summed E-state index contributed by atoms with van der Waals surface area (Å²) in [5.41, 5.74) is 0. The van der Waals surface area contributed by atoms with Crippen molar-refractivity contribution in [2.75, 3.05) is 6.61 Å². The third-order valence-corrected chi connectivity index (χ3v) is 0.724. The summed E-state index contributed by atoms with van der Waals surface area (Å²) in [6.07, 6.45) is 4.57. The second-order valence-corrected chi connectivity index (χ2v) is 1.27. The first-order chi connectivity index (χ1) is 3.39. The number of rotatable bonds is 0. The largest absolute Gasteiger partial charge is 0.508 e. The van der Waals surface area contributed by atoms with Gasteiger partial charge in [-0.15, -0.1) is 12.4 Å². The highest BCUT2D eigenvalue weighted by Crippen LogP contribution is 1.96. The van der Waals surface area contributed by atoms with E-state index in [1.165, 1.54) is 12.3 Å². The standard InChI is InChI=1S/C5H6O2.ClH/c6-5-1-3-7-4-2-5;/h1-3,6H,4H2;1H. The highest BCUT2D eigenvalue weighted by Gasteiger charge is 1.88. The van der Waals surface area contributed by atoms with Crippen molar-refractivity contribution in [3.05, 3.63) is 24.2 Å². The Hall–Kier alpha value is -0.630. The van der Waals surface area contributed by atoms with E-state index in [1.54, 1.807) is 6.08 Å². The maximum Gasteiger partial charge on any atom is 0.118 e. The van der Waals surface area contributed by atoms with Crippen LogP contribution >= 0.6 is 12.4 Å². The fourth-order valence-electron chi connectivity index (χ4n) is 0.375. The van der Waals surface area contributed by atoms with Crippen LogP contribution < -0.4 is 0 Å². The van der Waals surface area contributed by atoms with Gasteiger partial charge >= 0.3 is 0 Å². The van der Waals surface area contributed by atoms with Crippen LogP contribution in [-0.4, -0.2) is 11.7 Å². The van der Waals surface area contributed by atoms with E-state index >= 15 is 0 Å². The molecule has 0 unspecified atom stereocenters. The van der Waals surface area contributed by atoms with E-state index in [4.69, 9.17) is 9.84 Å². The van der Waals surface area contributed by atoms with E-state index in [0.717, 1.165) is 0 Å². The number of hydrogen-bond donors (Lipinski definition) is 1. The molecule has 8 heavy (non-hydrogen) atoms. The minimum absolute atomic E-state index is 0. The van der Waals surface area contributed by atoms with E-state index in [1.807, 2.05) is 0 Å². The number of halogens is 1. The lowest BCUT2D eigenvalue weighted by Crippen LogP contribution is -1.89. The predicted molar refractivity (Wildman–Crippen MR) is 33.1 cm³/mol. The molecule has 2 nitrogen and oxygen atoms in total. The highest BCUT2D eigenvalue weighted by atomic mass is 35.5. The molecule has 0 aliphatic carbocycles. The molecule has 1 aliphatic rings. The fraction of sp³-hybridized carbons (Fsp3) is 0.200. The van der Waals surface area contributed by atoms with Gasteiger partial charge in [-0.3, -0.25) is 0 Å². The van der Waals surface area contributed by atoms with Gasteiger partial charge in [-0.05, 0) is 6.08 Å². The van der Waals surface area contributed by atoms with Crippen molar-refractivity contribution in [2.45, 2.75) is 0 Å². The van der Waals surface area contributed by atoms with Crippen LogP contribution in [0.3, 0.4) is 0 Å². The van der Waals surface area contributed by atoms with Crippen LogP contribution in [0, 0.1) is 0 Å². The smallest absolute Gasteiger partial charge is 0.118 e. The summed E-state index contributed by atoms with van der Waals surface area (Å²) in [4.78, 5) is 0. The molecule has 0 spiro atoms. The van der Waals surface area contributed by atoms with Gasteiger partial charge in [0.2, 0.25) is 0 Å². The van der Waals surface area contributed by atoms with Gasteiger partial charge in [0.15, 0.2) is 0 Å². The van der Waals surface area contributed by atoms with E-state index in [9.17, 15) is 0 Å². The molecular formula is C5H7ClO2. The van der Waals surface area contributed by atoms with Crippen LogP contribution in [-0.2, 0) is 4.74 Å². The summed E-state index contributed by atoms with van der Waals surface area (Å²) in [5.74, 6) is 0.284. The van der Waals surface area contributed by atoms with Gasteiger partial charge in [-0.2, -0.15) is 0 Å². The Bertz CT molecular complexity index is 118. The summed E-state index contributed by atoms with van der Waals surface area (Å²) in [5, 5.41) is 8.60. The van der Waals surface area contributed by atoms with Crippen LogP contribution in [0.4, 0.5) is 0 Å². The molecule has 0 aromatic carbocycles. The summed E-state index contributed by atoms with van der Waals surface area (Å²) >= 11 is 0. The van der Waals surface area contributed by atoms with Crippen molar-refractivity contribution in [3.63, 3.8) is 0 Å². The Labute approximate surface area is 53.9 Å². The predicted octanol–water partition coefficient (Wildman–Crippen LogP) is 1.39. The Kier molecular flexibility index (Phi) is 3.12. The summed E-state index contributed by atoms with van der Waals surface area (Å²) in [6, 6.07) is 0. The molecule has 0 fully saturated rings. The molecule has 0 atom stereocenters. The molecule has 1 aliphatic heterocycles. The SMILES string of the molecule is Cl.OC1=CCOC=C1. The quantitative estimate of drug-likeness (QED) is 0.543. The van der Waals surface area contributed by atoms with Gasteiger partial charge in [0.1, 0.15) is 12.4 Å². The number of aliphatic hydroxyl groups is 1. The molecule has 0 aromatic rings. The first-order valence-corrected chi connectivity index (χ1v) is 2.07. The Balaban J connectivity index is 0.000000490. The van der Waals surface area contributed by atoms with E-state index < -0.39 is 0 Å². The minimum Gasteiger partial charge on any atom is -0.508 e. The van der Waals surface area contributed by atoms with Gasteiger partial charge < -0.3 is 9.84 Å². The molecule has 1 N–H and O–H groups in total. The average Bonchev–Trinajstić information content (AvgIpc) is 1.69. The first kappa shape index (κ1) is 7.37. The summed E-state index contributed by atoms with van der Waals surface area (Å²) in [7, 11) is 0.